The maximum absolute atomic E-state index is 12.4. The number of β-lactam (4-membered cyclic amide) rings is 1. The Hall–Kier alpha value is -1.36. The molecule has 2 fully saturated rings. The fourth-order valence-electron chi connectivity index (χ4n) is 3.98. The number of aliphatic carboxylic acids is 1. The van der Waals surface area contributed by atoms with Gasteiger partial charge in [-0.2, -0.15) is 0 Å². The van der Waals surface area contributed by atoms with Crippen LogP contribution in [0.15, 0.2) is 59.6 Å². The van der Waals surface area contributed by atoms with E-state index in [0.29, 0.717) is 5.75 Å². The van der Waals surface area contributed by atoms with Crippen molar-refractivity contribution in [2.24, 2.45) is 4.99 Å². The SMILES string of the molecule is CC1(C)S[C@@H]2[C@H](N=C([O-])COc3ccc(Cc4ccccc4)cc3)C(=O)N2[C@H]1C(=O)O.[K+]. The molecule has 7 nitrogen and oxygen atoms in total. The maximum atomic E-state index is 12.4. The quantitative estimate of drug-likeness (QED) is 0.235. The van der Waals surface area contributed by atoms with Gasteiger partial charge in [0.1, 0.15) is 23.8 Å². The predicted octanol–water partition coefficient (Wildman–Crippen LogP) is -1.07. The van der Waals surface area contributed by atoms with E-state index in [4.69, 9.17) is 4.74 Å². The summed E-state index contributed by atoms with van der Waals surface area (Å²) in [7, 11) is 0. The van der Waals surface area contributed by atoms with E-state index in [9.17, 15) is 19.8 Å². The van der Waals surface area contributed by atoms with Crippen LogP contribution in [0.4, 0.5) is 0 Å². The second-order valence-electron chi connectivity index (χ2n) is 8.16. The van der Waals surface area contributed by atoms with Crippen molar-refractivity contribution in [3.8, 4) is 5.75 Å². The molecule has 2 aromatic carbocycles. The molecule has 0 bridgehead atoms. The summed E-state index contributed by atoms with van der Waals surface area (Å²) < 4.78 is 4.88. The summed E-state index contributed by atoms with van der Waals surface area (Å²) in [5.74, 6) is -1.46. The average Bonchev–Trinajstić information content (AvgIpc) is 3.00. The van der Waals surface area contributed by atoms with Crippen LogP contribution >= 0.6 is 11.8 Å². The van der Waals surface area contributed by atoms with Gasteiger partial charge < -0.3 is 19.8 Å². The Kier molecular flexibility index (Phi) is 8.11. The molecule has 2 aliphatic heterocycles. The summed E-state index contributed by atoms with van der Waals surface area (Å²) in [6, 6.07) is 15.8. The van der Waals surface area contributed by atoms with Gasteiger partial charge in [-0.3, -0.25) is 9.79 Å². The fourth-order valence-corrected chi connectivity index (χ4v) is 5.60. The normalized spacial score (nSPS) is 23.7. The van der Waals surface area contributed by atoms with Crippen LogP contribution in [0.2, 0.25) is 0 Å². The number of thioether (sulfide) groups is 1. The number of hydrogen-bond donors (Lipinski definition) is 1. The van der Waals surface area contributed by atoms with Gasteiger partial charge in [-0.1, -0.05) is 42.5 Å². The number of hydrogen-bond acceptors (Lipinski definition) is 6. The molecule has 0 radical (unpaired) electrons. The standard InChI is InChI=1S/C23H24N2O5S.K/c1-23(2)19(22(28)29)25-20(27)18(21(25)31-23)24-17(26)13-30-16-10-8-15(9-11-16)12-14-6-4-3-5-7-14;/h3-11,18-19,21H,12-13H2,1-2H3,(H,24,26)(H,28,29);/q;+1/p-1/t18-,19+,21-;/m1./s1. The van der Waals surface area contributed by atoms with Gasteiger partial charge >= 0.3 is 57.4 Å². The Morgan fingerprint density at radius 1 is 1.16 bits per heavy atom. The molecule has 2 aromatic rings. The Labute approximate surface area is 233 Å². The molecular weight excluding hydrogens is 455 g/mol. The monoisotopic (exact) mass is 478 g/mol. The van der Waals surface area contributed by atoms with Crippen LogP contribution in [-0.2, 0) is 16.0 Å². The molecular formula is C23H23KN2O5S. The summed E-state index contributed by atoms with van der Waals surface area (Å²) in [5.41, 5.74) is 2.34. The van der Waals surface area contributed by atoms with Crippen LogP contribution in [0.25, 0.3) is 0 Å². The van der Waals surface area contributed by atoms with Crippen LogP contribution in [0.3, 0.4) is 0 Å². The third-order valence-electron chi connectivity index (χ3n) is 5.47. The summed E-state index contributed by atoms with van der Waals surface area (Å²) in [6.07, 6.45) is 0.808. The Morgan fingerprint density at radius 3 is 2.41 bits per heavy atom. The van der Waals surface area contributed by atoms with Gasteiger partial charge in [0, 0.05) is 4.75 Å². The topological polar surface area (TPSA) is 102 Å². The van der Waals surface area contributed by atoms with Gasteiger partial charge in [-0.05, 0) is 49.4 Å². The maximum Gasteiger partial charge on any atom is 1.00 e. The van der Waals surface area contributed by atoms with Crippen molar-refractivity contribution in [2.45, 2.75) is 42.5 Å². The Bertz CT molecular complexity index is 1010. The van der Waals surface area contributed by atoms with Gasteiger partial charge in [-0.15, -0.1) is 11.8 Å². The van der Waals surface area contributed by atoms with Gasteiger partial charge in [0.05, 0.1) is 0 Å². The molecule has 2 heterocycles. The van der Waals surface area contributed by atoms with Crippen molar-refractivity contribution >= 4 is 29.5 Å². The van der Waals surface area contributed by atoms with Crippen LogP contribution in [0.1, 0.15) is 25.0 Å². The molecule has 0 unspecified atom stereocenters. The summed E-state index contributed by atoms with van der Waals surface area (Å²) in [6.45, 7) is 3.29. The molecule has 4 rings (SSSR count). The van der Waals surface area contributed by atoms with Crippen molar-refractivity contribution < 1.29 is 75.9 Å². The number of carboxylic acid groups (broad SMARTS) is 1. The van der Waals surface area contributed by atoms with Gasteiger partial charge in [0.2, 0.25) is 0 Å². The summed E-state index contributed by atoms with van der Waals surface area (Å²) in [4.78, 5) is 29.3. The van der Waals surface area contributed by atoms with E-state index in [1.165, 1.54) is 22.2 Å². The number of nitrogens with zero attached hydrogens (tertiary/aromatic N) is 2. The molecule has 9 heteroatoms. The number of ether oxygens (including phenoxy) is 1. The molecule has 0 aromatic heterocycles. The van der Waals surface area contributed by atoms with E-state index in [0.717, 1.165) is 12.0 Å². The van der Waals surface area contributed by atoms with E-state index < -0.39 is 40.0 Å². The van der Waals surface area contributed by atoms with Crippen molar-refractivity contribution in [1.29, 1.82) is 0 Å². The summed E-state index contributed by atoms with van der Waals surface area (Å²) >= 11 is 1.36. The van der Waals surface area contributed by atoms with Crippen LogP contribution in [0.5, 0.6) is 5.75 Å². The zero-order valence-corrected chi connectivity index (χ0v) is 22.2. The molecule has 0 aliphatic carbocycles. The minimum Gasteiger partial charge on any atom is -0.860 e. The molecule has 0 saturated carbocycles. The number of fused-ring (bicyclic) bond motifs is 1. The first-order chi connectivity index (χ1) is 14.8. The number of rotatable bonds is 7. The van der Waals surface area contributed by atoms with E-state index >= 15 is 0 Å². The molecule has 2 aliphatic rings. The molecule has 1 amide bonds. The first-order valence-electron chi connectivity index (χ1n) is 9.98. The van der Waals surface area contributed by atoms with E-state index in [1.54, 1.807) is 26.0 Å². The van der Waals surface area contributed by atoms with Gasteiger partial charge in [0.15, 0.2) is 6.04 Å². The summed E-state index contributed by atoms with van der Waals surface area (Å²) in [5, 5.41) is 21.3. The fraction of sp³-hybridized carbons (Fsp3) is 0.348. The van der Waals surface area contributed by atoms with E-state index in [1.807, 2.05) is 30.3 Å². The first kappa shape index (κ1) is 25.3. The molecule has 32 heavy (non-hydrogen) atoms. The van der Waals surface area contributed by atoms with Crippen LogP contribution < -0.4 is 61.2 Å². The van der Waals surface area contributed by atoms with Crippen LogP contribution in [-0.4, -0.2) is 56.6 Å². The van der Waals surface area contributed by atoms with E-state index in [2.05, 4.69) is 17.1 Å². The Balaban J connectivity index is 0.00000289. The van der Waals surface area contributed by atoms with Crippen molar-refractivity contribution in [2.75, 3.05) is 6.61 Å². The zero-order chi connectivity index (χ0) is 22.2. The van der Waals surface area contributed by atoms with Crippen LogP contribution in [0, 0.1) is 0 Å². The first-order valence-corrected chi connectivity index (χ1v) is 10.9. The smallest absolute Gasteiger partial charge is 0.860 e. The molecule has 2 saturated heterocycles. The number of carbonyl (C=O) groups is 2. The molecule has 3 atom stereocenters. The third kappa shape index (κ3) is 5.24. The number of carboxylic acids is 1. The minimum atomic E-state index is -1.04. The molecule has 0 spiro atoms. The number of aliphatic imine (C=N–C) groups is 1. The minimum absolute atomic E-state index is 0. The number of amides is 1. The second kappa shape index (κ2) is 10.3. The van der Waals surface area contributed by atoms with E-state index in [-0.39, 0.29) is 58.0 Å². The van der Waals surface area contributed by atoms with Crippen molar-refractivity contribution in [3.05, 3.63) is 65.7 Å². The number of carbonyl (C=O) groups excluding carboxylic acids is 1. The zero-order valence-electron chi connectivity index (χ0n) is 18.2. The number of benzene rings is 2. The van der Waals surface area contributed by atoms with Crippen molar-refractivity contribution in [3.63, 3.8) is 0 Å². The molecule has 162 valence electrons. The second-order valence-corrected chi connectivity index (χ2v) is 9.93. The van der Waals surface area contributed by atoms with Crippen molar-refractivity contribution in [1.82, 2.24) is 4.90 Å². The predicted molar refractivity (Wildman–Crippen MR) is 116 cm³/mol. The largest absolute Gasteiger partial charge is 1.00 e. The average molecular weight is 479 g/mol. The Morgan fingerprint density at radius 2 is 1.78 bits per heavy atom. The van der Waals surface area contributed by atoms with Gasteiger partial charge in [0.25, 0.3) is 5.91 Å². The molecule has 1 N–H and O–H groups in total. The van der Waals surface area contributed by atoms with Gasteiger partial charge in [-0.25, -0.2) is 4.79 Å². The third-order valence-corrected chi connectivity index (χ3v) is 7.02.